The van der Waals surface area contributed by atoms with Crippen LogP contribution in [0, 0.1) is 11.3 Å². The van der Waals surface area contributed by atoms with Gasteiger partial charge in [0.05, 0.1) is 17.4 Å². The molecule has 0 radical (unpaired) electrons. The van der Waals surface area contributed by atoms with Crippen molar-refractivity contribution in [3.05, 3.63) is 23.0 Å². The topological polar surface area (TPSA) is 59.2 Å². The number of amides is 1. The van der Waals surface area contributed by atoms with Crippen LogP contribution in [0.5, 0.6) is 0 Å². The van der Waals surface area contributed by atoms with E-state index in [0.29, 0.717) is 22.6 Å². The van der Waals surface area contributed by atoms with Gasteiger partial charge in [-0.05, 0) is 30.2 Å². The van der Waals surface area contributed by atoms with Gasteiger partial charge >= 0.3 is 0 Å². The van der Waals surface area contributed by atoms with E-state index in [-0.39, 0.29) is 11.1 Å². The van der Waals surface area contributed by atoms with E-state index in [4.69, 9.17) is 17.3 Å². The molecule has 5 heteroatoms. The van der Waals surface area contributed by atoms with Crippen molar-refractivity contribution in [2.45, 2.75) is 33.6 Å². The van der Waals surface area contributed by atoms with Gasteiger partial charge in [-0.1, -0.05) is 32.4 Å². The van der Waals surface area contributed by atoms with Crippen LogP contribution in [0.2, 0.25) is 5.15 Å². The largest absolute Gasteiger partial charge is 0.397 e. The second-order valence-electron chi connectivity index (χ2n) is 6.54. The van der Waals surface area contributed by atoms with Crippen LogP contribution in [0.3, 0.4) is 0 Å². The second-order valence-corrected chi connectivity index (χ2v) is 6.90. The van der Waals surface area contributed by atoms with E-state index < -0.39 is 0 Å². The Bertz CT molecular complexity index is 502. The predicted octanol–water partition coefficient (Wildman–Crippen LogP) is 3.22. The molecule has 1 aromatic rings. The van der Waals surface area contributed by atoms with E-state index in [1.165, 1.54) is 6.20 Å². The van der Waals surface area contributed by atoms with Crippen molar-refractivity contribution in [2.24, 2.45) is 11.3 Å². The van der Waals surface area contributed by atoms with Gasteiger partial charge in [0.2, 0.25) is 0 Å². The van der Waals surface area contributed by atoms with E-state index in [1.807, 2.05) is 4.90 Å². The number of aromatic nitrogens is 1. The molecule has 0 unspecified atom stereocenters. The van der Waals surface area contributed by atoms with E-state index in [9.17, 15) is 4.79 Å². The van der Waals surface area contributed by atoms with E-state index in [2.05, 4.69) is 25.8 Å². The molecule has 2 heterocycles. The summed E-state index contributed by atoms with van der Waals surface area (Å²) in [6.07, 6.45) is 3.52. The molecule has 0 bridgehead atoms. The summed E-state index contributed by atoms with van der Waals surface area (Å²) in [5, 5.41) is 0.224. The molecule has 1 aliphatic rings. The summed E-state index contributed by atoms with van der Waals surface area (Å²) in [6, 6.07) is 1.60. The summed E-state index contributed by atoms with van der Waals surface area (Å²) >= 11 is 6.00. The molecule has 1 saturated heterocycles. The van der Waals surface area contributed by atoms with Gasteiger partial charge in [0.25, 0.3) is 5.91 Å². The molecule has 4 nitrogen and oxygen atoms in total. The van der Waals surface area contributed by atoms with Crippen LogP contribution in [0.25, 0.3) is 0 Å². The Morgan fingerprint density at radius 3 is 2.55 bits per heavy atom. The summed E-state index contributed by atoms with van der Waals surface area (Å²) in [7, 11) is 0. The SMILES string of the molecule is CC(C)(C)C1CCN(C(=O)c2cc(N)cnc2Cl)CC1. The average Bonchev–Trinajstić information content (AvgIpc) is 2.40. The molecular weight excluding hydrogens is 274 g/mol. The van der Waals surface area contributed by atoms with Gasteiger partial charge in [0.15, 0.2) is 0 Å². The molecule has 0 aromatic carbocycles. The number of carbonyl (C=O) groups is 1. The smallest absolute Gasteiger partial charge is 0.257 e. The number of likely N-dealkylation sites (tertiary alicyclic amines) is 1. The molecule has 1 amide bonds. The highest BCUT2D eigenvalue weighted by Crippen LogP contribution is 2.34. The Balaban J connectivity index is 2.07. The first-order valence-corrected chi connectivity index (χ1v) is 7.37. The van der Waals surface area contributed by atoms with Crippen molar-refractivity contribution < 1.29 is 4.79 Å². The maximum absolute atomic E-state index is 12.5. The Kier molecular flexibility index (Phi) is 4.23. The Labute approximate surface area is 125 Å². The molecule has 0 aliphatic carbocycles. The number of rotatable bonds is 1. The quantitative estimate of drug-likeness (QED) is 0.809. The minimum atomic E-state index is -0.0674. The van der Waals surface area contributed by atoms with Crippen LogP contribution in [0.15, 0.2) is 12.3 Å². The van der Waals surface area contributed by atoms with E-state index in [1.54, 1.807) is 6.07 Å². The van der Waals surface area contributed by atoms with Crippen molar-refractivity contribution >= 4 is 23.2 Å². The zero-order valence-corrected chi connectivity index (χ0v) is 13.1. The number of nitrogens with zero attached hydrogens (tertiary/aromatic N) is 2. The van der Waals surface area contributed by atoms with Crippen LogP contribution >= 0.6 is 11.6 Å². The van der Waals surface area contributed by atoms with Crippen LogP contribution in [0.1, 0.15) is 44.0 Å². The molecule has 1 aromatic heterocycles. The highest BCUT2D eigenvalue weighted by atomic mass is 35.5. The summed E-state index contributed by atoms with van der Waals surface area (Å²) in [4.78, 5) is 18.3. The predicted molar refractivity (Wildman–Crippen MR) is 81.7 cm³/mol. The summed E-state index contributed by atoms with van der Waals surface area (Å²) in [5.74, 6) is 0.586. The lowest BCUT2D eigenvalue weighted by Gasteiger charge is -2.38. The first-order chi connectivity index (χ1) is 9.29. The van der Waals surface area contributed by atoms with Crippen LogP contribution < -0.4 is 5.73 Å². The number of hydrogen-bond donors (Lipinski definition) is 1. The number of anilines is 1. The van der Waals surface area contributed by atoms with Crippen molar-refractivity contribution in [1.82, 2.24) is 9.88 Å². The van der Waals surface area contributed by atoms with E-state index >= 15 is 0 Å². The standard InChI is InChI=1S/C15H22ClN3O/c1-15(2,3)10-4-6-19(7-5-10)14(20)12-8-11(17)9-18-13(12)16/h8-10H,4-7,17H2,1-3H3. The van der Waals surface area contributed by atoms with Crippen LogP contribution in [0.4, 0.5) is 5.69 Å². The summed E-state index contributed by atoms with van der Waals surface area (Å²) < 4.78 is 0. The Morgan fingerprint density at radius 2 is 2.00 bits per heavy atom. The molecule has 110 valence electrons. The molecule has 1 aliphatic heterocycles. The molecule has 0 spiro atoms. The Hall–Kier alpha value is -1.29. The maximum atomic E-state index is 12.5. The molecule has 2 rings (SSSR count). The third-order valence-electron chi connectivity index (χ3n) is 4.10. The minimum absolute atomic E-state index is 0.0674. The van der Waals surface area contributed by atoms with Gasteiger partial charge in [-0.15, -0.1) is 0 Å². The molecule has 20 heavy (non-hydrogen) atoms. The lowest BCUT2D eigenvalue weighted by atomic mass is 9.75. The molecule has 0 saturated carbocycles. The fourth-order valence-corrected chi connectivity index (χ4v) is 2.92. The third kappa shape index (κ3) is 3.23. The lowest BCUT2D eigenvalue weighted by molar-refractivity contribution is 0.0608. The second kappa shape index (κ2) is 5.60. The van der Waals surface area contributed by atoms with Gasteiger partial charge in [-0.2, -0.15) is 0 Å². The van der Waals surface area contributed by atoms with Crippen LogP contribution in [-0.2, 0) is 0 Å². The van der Waals surface area contributed by atoms with Gasteiger partial charge in [-0.3, -0.25) is 4.79 Å². The first kappa shape index (κ1) is 15.1. The highest BCUT2D eigenvalue weighted by molar-refractivity contribution is 6.32. The molecular formula is C15H22ClN3O. The van der Waals surface area contributed by atoms with Crippen molar-refractivity contribution in [3.63, 3.8) is 0 Å². The number of halogens is 1. The molecule has 0 atom stereocenters. The lowest BCUT2D eigenvalue weighted by Crippen LogP contribution is -2.41. The van der Waals surface area contributed by atoms with Gasteiger partial charge < -0.3 is 10.6 Å². The average molecular weight is 296 g/mol. The number of nitrogen functional groups attached to an aromatic ring is 1. The number of piperidine rings is 1. The van der Waals surface area contributed by atoms with Gasteiger partial charge in [0.1, 0.15) is 5.15 Å². The molecule has 2 N–H and O–H groups in total. The maximum Gasteiger partial charge on any atom is 0.257 e. The number of nitrogens with two attached hydrogens (primary N) is 1. The van der Waals surface area contributed by atoms with Crippen molar-refractivity contribution in [3.8, 4) is 0 Å². The number of carbonyl (C=O) groups excluding carboxylic acids is 1. The summed E-state index contributed by atoms with van der Waals surface area (Å²) in [5.41, 5.74) is 6.84. The highest BCUT2D eigenvalue weighted by Gasteiger charge is 2.31. The number of hydrogen-bond acceptors (Lipinski definition) is 3. The normalized spacial score (nSPS) is 17.3. The Morgan fingerprint density at radius 1 is 1.40 bits per heavy atom. The monoisotopic (exact) mass is 295 g/mol. The van der Waals surface area contributed by atoms with Crippen LogP contribution in [-0.4, -0.2) is 28.9 Å². The zero-order chi connectivity index (χ0) is 14.9. The van der Waals surface area contributed by atoms with Gasteiger partial charge in [0, 0.05) is 13.1 Å². The fraction of sp³-hybridized carbons (Fsp3) is 0.600. The van der Waals surface area contributed by atoms with Gasteiger partial charge in [-0.25, -0.2) is 4.98 Å². The zero-order valence-electron chi connectivity index (χ0n) is 12.3. The summed E-state index contributed by atoms with van der Waals surface area (Å²) in [6.45, 7) is 8.31. The first-order valence-electron chi connectivity index (χ1n) is 6.99. The third-order valence-corrected chi connectivity index (χ3v) is 4.40. The van der Waals surface area contributed by atoms with Crippen molar-refractivity contribution in [1.29, 1.82) is 0 Å². The van der Waals surface area contributed by atoms with E-state index in [0.717, 1.165) is 25.9 Å². The van der Waals surface area contributed by atoms with Crippen molar-refractivity contribution in [2.75, 3.05) is 18.8 Å². The minimum Gasteiger partial charge on any atom is -0.397 e. The molecule has 1 fully saturated rings. The fourth-order valence-electron chi connectivity index (χ4n) is 2.73. The number of pyridine rings is 1.